The standard InChI is InChI=1S/C20H25NO4/c22-11-12-24-19-8-4-5-17(13-19)14-21-10-9-20(23,15-21)16-25-18-6-2-1-3-7-18/h1-8,13,22-23H,9-12,14-16H2/t20-/m1/s1. The van der Waals surface area contributed by atoms with E-state index in [2.05, 4.69) is 4.90 Å². The third-order valence-corrected chi connectivity index (χ3v) is 4.33. The fourth-order valence-electron chi connectivity index (χ4n) is 3.08. The van der Waals surface area contributed by atoms with Crippen molar-refractivity contribution < 1.29 is 19.7 Å². The molecule has 0 unspecified atom stereocenters. The van der Waals surface area contributed by atoms with Crippen LogP contribution in [0.4, 0.5) is 0 Å². The molecule has 5 nitrogen and oxygen atoms in total. The minimum absolute atomic E-state index is 0.00476. The van der Waals surface area contributed by atoms with Gasteiger partial charge in [-0.2, -0.15) is 0 Å². The molecule has 2 aromatic rings. The molecule has 25 heavy (non-hydrogen) atoms. The number of likely N-dealkylation sites (tertiary alicyclic amines) is 1. The third-order valence-electron chi connectivity index (χ3n) is 4.33. The second-order valence-corrected chi connectivity index (χ2v) is 6.51. The number of ether oxygens (including phenoxy) is 2. The molecule has 0 radical (unpaired) electrons. The van der Waals surface area contributed by atoms with Crippen LogP contribution in [-0.4, -0.2) is 53.6 Å². The summed E-state index contributed by atoms with van der Waals surface area (Å²) in [5.74, 6) is 1.54. The molecule has 1 saturated heterocycles. The number of benzene rings is 2. The van der Waals surface area contributed by atoms with Crippen LogP contribution < -0.4 is 9.47 Å². The number of aliphatic hydroxyl groups excluding tert-OH is 1. The molecule has 3 rings (SSSR count). The van der Waals surface area contributed by atoms with E-state index in [9.17, 15) is 5.11 Å². The molecule has 0 amide bonds. The average molecular weight is 343 g/mol. The molecule has 0 aromatic heterocycles. The summed E-state index contributed by atoms with van der Waals surface area (Å²) in [6.07, 6.45) is 0.695. The van der Waals surface area contributed by atoms with Gasteiger partial charge >= 0.3 is 0 Å². The van der Waals surface area contributed by atoms with Gasteiger partial charge in [-0.05, 0) is 36.2 Å². The molecule has 1 atom stereocenters. The van der Waals surface area contributed by atoms with Crippen molar-refractivity contribution in [2.45, 2.75) is 18.6 Å². The Balaban J connectivity index is 1.52. The highest BCUT2D eigenvalue weighted by atomic mass is 16.5. The van der Waals surface area contributed by atoms with Gasteiger partial charge in [-0.25, -0.2) is 0 Å². The van der Waals surface area contributed by atoms with Crippen LogP contribution in [0.5, 0.6) is 11.5 Å². The molecule has 1 aliphatic heterocycles. The van der Waals surface area contributed by atoms with Gasteiger partial charge in [0.1, 0.15) is 30.3 Å². The maximum absolute atomic E-state index is 10.8. The van der Waals surface area contributed by atoms with E-state index < -0.39 is 5.60 Å². The Hall–Kier alpha value is -2.08. The average Bonchev–Trinajstić information content (AvgIpc) is 3.01. The zero-order valence-corrected chi connectivity index (χ0v) is 14.3. The van der Waals surface area contributed by atoms with Gasteiger partial charge in [0.2, 0.25) is 0 Å². The largest absolute Gasteiger partial charge is 0.491 e. The first kappa shape index (κ1) is 17.7. The van der Waals surface area contributed by atoms with Crippen molar-refractivity contribution in [3.63, 3.8) is 0 Å². The number of nitrogens with zero attached hydrogens (tertiary/aromatic N) is 1. The summed E-state index contributed by atoms with van der Waals surface area (Å²) in [7, 11) is 0. The lowest BCUT2D eigenvalue weighted by Crippen LogP contribution is -2.39. The first-order valence-corrected chi connectivity index (χ1v) is 8.62. The Morgan fingerprint density at radius 1 is 1.00 bits per heavy atom. The molecule has 0 aliphatic carbocycles. The lowest BCUT2D eigenvalue weighted by Gasteiger charge is -2.24. The summed E-state index contributed by atoms with van der Waals surface area (Å²) >= 11 is 0. The summed E-state index contributed by atoms with van der Waals surface area (Å²) in [4.78, 5) is 2.22. The Labute approximate surface area is 148 Å². The number of hydrogen-bond donors (Lipinski definition) is 2. The second-order valence-electron chi connectivity index (χ2n) is 6.51. The molecule has 134 valence electrons. The van der Waals surface area contributed by atoms with Crippen LogP contribution in [0.15, 0.2) is 54.6 Å². The van der Waals surface area contributed by atoms with Gasteiger partial charge in [0.25, 0.3) is 0 Å². The van der Waals surface area contributed by atoms with Crippen LogP contribution >= 0.6 is 0 Å². The number of para-hydroxylation sites is 1. The Morgan fingerprint density at radius 2 is 1.80 bits per heavy atom. The molecule has 1 heterocycles. The first-order chi connectivity index (χ1) is 12.2. The monoisotopic (exact) mass is 343 g/mol. The van der Waals surface area contributed by atoms with Crippen molar-refractivity contribution in [2.75, 3.05) is 32.9 Å². The van der Waals surface area contributed by atoms with Crippen molar-refractivity contribution >= 4 is 0 Å². The van der Waals surface area contributed by atoms with E-state index in [4.69, 9.17) is 14.6 Å². The van der Waals surface area contributed by atoms with Crippen molar-refractivity contribution in [2.24, 2.45) is 0 Å². The zero-order chi connectivity index (χ0) is 17.5. The smallest absolute Gasteiger partial charge is 0.119 e. The van der Waals surface area contributed by atoms with Gasteiger partial charge in [0, 0.05) is 19.6 Å². The predicted molar refractivity (Wildman–Crippen MR) is 95.8 cm³/mol. The predicted octanol–water partition coefficient (Wildman–Crippen LogP) is 2.07. The Morgan fingerprint density at radius 3 is 2.60 bits per heavy atom. The van der Waals surface area contributed by atoms with Crippen molar-refractivity contribution in [3.8, 4) is 11.5 Å². The molecule has 0 saturated carbocycles. The molecular weight excluding hydrogens is 318 g/mol. The van der Waals surface area contributed by atoms with Gasteiger partial charge in [-0.3, -0.25) is 4.90 Å². The lowest BCUT2D eigenvalue weighted by atomic mass is 10.1. The van der Waals surface area contributed by atoms with Crippen LogP contribution in [0, 0.1) is 0 Å². The van der Waals surface area contributed by atoms with Crippen molar-refractivity contribution in [1.82, 2.24) is 4.90 Å². The van der Waals surface area contributed by atoms with Gasteiger partial charge in [-0.1, -0.05) is 30.3 Å². The number of rotatable bonds is 8. The normalized spacial score (nSPS) is 20.6. The van der Waals surface area contributed by atoms with Gasteiger partial charge in [0.15, 0.2) is 0 Å². The minimum atomic E-state index is -0.819. The molecule has 0 bridgehead atoms. The molecule has 5 heteroatoms. The van der Waals surface area contributed by atoms with E-state index in [1.165, 1.54) is 0 Å². The molecule has 0 spiro atoms. The molecule has 2 N–H and O–H groups in total. The van der Waals surface area contributed by atoms with Crippen LogP contribution in [0.3, 0.4) is 0 Å². The van der Waals surface area contributed by atoms with Gasteiger partial charge < -0.3 is 19.7 Å². The maximum Gasteiger partial charge on any atom is 0.119 e. The summed E-state index contributed by atoms with van der Waals surface area (Å²) in [5.41, 5.74) is 0.310. The highest BCUT2D eigenvalue weighted by Gasteiger charge is 2.36. The van der Waals surface area contributed by atoms with Gasteiger partial charge in [-0.15, -0.1) is 0 Å². The SMILES string of the molecule is OCCOc1cccc(CN2CC[C@](O)(COc3ccccc3)C2)c1. The van der Waals surface area contributed by atoms with Crippen LogP contribution in [-0.2, 0) is 6.54 Å². The van der Waals surface area contributed by atoms with Crippen LogP contribution in [0.2, 0.25) is 0 Å². The quantitative estimate of drug-likeness (QED) is 0.768. The maximum atomic E-state index is 10.8. The van der Waals surface area contributed by atoms with Gasteiger partial charge in [0.05, 0.1) is 6.61 Å². The number of aliphatic hydroxyl groups is 2. The number of hydrogen-bond acceptors (Lipinski definition) is 5. The van der Waals surface area contributed by atoms with E-state index in [0.29, 0.717) is 26.2 Å². The number of β-amino-alcohol motifs (C(OH)–C–C–N with tert-alkyl or cyclic N) is 1. The summed E-state index contributed by atoms with van der Waals surface area (Å²) in [5, 5.41) is 19.6. The van der Waals surface area contributed by atoms with Crippen molar-refractivity contribution in [1.29, 1.82) is 0 Å². The molecule has 1 fully saturated rings. The Bertz CT molecular complexity index is 664. The second kappa shape index (κ2) is 8.34. The molecule has 1 aliphatic rings. The highest BCUT2D eigenvalue weighted by molar-refractivity contribution is 5.28. The third kappa shape index (κ3) is 5.19. The van der Waals surface area contributed by atoms with E-state index >= 15 is 0 Å². The first-order valence-electron chi connectivity index (χ1n) is 8.62. The summed E-state index contributed by atoms with van der Waals surface area (Å²) in [6, 6.07) is 17.4. The minimum Gasteiger partial charge on any atom is -0.491 e. The summed E-state index contributed by atoms with van der Waals surface area (Å²) in [6.45, 7) is 2.77. The molecule has 2 aromatic carbocycles. The zero-order valence-electron chi connectivity index (χ0n) is 14.3. The van der Waals surface area contributed by atoms with E-state index in [-0.39, 0.29) is 6.61 Å². The fourth-order valence-corrected chi connectivity index (χ4v) is 3.08. The lowest BCUT2D eigenvalue weighted by molar-refractivity contribution is 0.00338. The van der Waals surface area contributed by atoms with Crippen molar-refractivity contribution in [3.05, 3.63) is 60.2 Å². The fraction of sp³-hybridized carbons (Fsp3) is 0.400. The Kier molecular flexibility index (Phi) is 5.91. The molecular formula is C20H25NO4. The topological polar surface area (TPSA) is 62.2 Å². The van der Waals surface area contributed by atoms with E-state index in [1.54, 1.807) is 0 Å². The van der Waals surface area contributed by atoms with E-state index in [1.807, 2.05) is 54.6 Å². The summed E-state index contributed by atoms with van der Waals surface area (Å²) < 4.78 is 11.2. The van der Waals surface area contributed by atoms with Crippen LogP contribution in [0.25, 0.3) is 0 Å². The van der Waals surface area contributed by atoms with E-state index in [0.717, 1.165) is 30.2 Å². The highest BCUT2D eigenvalue weighted by Crippen LogP contribution is 2.25. The van der Waals surface area contributed by atoms with Crippen LogP contribution in [0.1, 0.15) is 12.0 Å².